The second-order valence-corrected chi connectivity index (χ2v) is 6.39. The molecule has 0 bridgehead atoms. The van der Waals surface area contributed by atoms with E-state index in [4.69, 9.17) is 0 Å². The molecule has 0 heterocycles. The molecule has 0 amide bonds. The number of hydrazine groups is 1. The number of sulfonamides is 1. The van der Waals surface area contributed by atoms with Crippen molar-refractivity contribution >= 4 is 35.7 Å². The van der Waals surface area contributed by atoms with Gasteiger partial charge >= 0.3 is 21.9 Å². The number of nitrogens with zero attached hydrogens (tertiary/aromatic N) is 2. The van der Waals surface area contributed by atoms with E-state index in [2.05, 4.69) is 4.18 Å². The second-order valence-electron chi connectivity index (χ2n) is 3.76. The Labute approximate surface area is 135 Å². The van der Waals surface area contributed by atoms with Gasteiger partial charge in [0.25, 0.3) is 0 Å². The molecular weight excluding hydrogens is 382 g/mol. The maximum atomic E-state index is 12.6. The molecule has 22 heavy (non-hydrogen) atoms. The summed E-state index contributed by atoms with van der Waals surface area (Å²) >= 11 is -0.551. The summed E-state index contributed by atoms with van der Waals surface area (Å²) in [6, 6.07) is -1.16. The van der Waals surface area contributed by atoms with Crippen LogP contribution in [0.25, 0.3) is 0 Å². The summed E-state index contributed by atoms with van der Waals surface area (Å²) in [6.45, 7) is 2.83. The third-order valence-corrected chi connectivity index (χ3v) is 4.69. The molecule has 0 aliphatic carbocycles. The maximum absolute atomic E-state index is 12.6. The van der Waals surface area contributed by atoms with Crippen LogP contribution in [0.15, 0.2) is 0 Å². The van der Waals surface area contributed by atoms with Gasteiger partial charge in [-0.05, 0) is 12.8 Å². The Bertz CT molecular complexity index is 424. The van der Waals surface area contributed by atoms with Gasteiger partial charge in [0.1, 0.15) is 12.2 Å². The van der Waals surface area contributed by atoms with Crippen molar-refractivity contribution in [1.29, 1.82) is 0 Å². The van der Waals surface area contributed by atoms with E-state index in [1.165, 1.54) is 13.8 Å². The van der Waals surface area contributed by atoms with E-state index in [1.807, 2.05) is 0 Å². The van der Waals surface area contributed by atoms with Crippen molar-refractivity contribution < 1.29 is 38.9 Å². The quantitative estimate of drug-likeness (QED) is 0.285. The fourth-order valence-corrected chi connectivity index (χ4v) is 3.36. The standard InChI is InChI=1S/C8H14F6N2O3S2.H2S/c1-4-6(5-2)16(21(17,18)8(12,13)14)15(3)20-19-7(9,10)11;/h6H,4-5H2,1-3H3;1H2. The molecule has 0 unspecified atom stereocenters. The highest BCUT2D eigenvalue weighted by atomic mass is 32.2. The van der Waals surface area contributed by atoms with Crippen LogP contribution in [0.3, 0.4) is 0 Å². The molecule has 0 aromatic heterocycles. The minimum atomic E-state index is -5.84. The van der Waals surface area contributed by atoms with Crippen LogP contribution in [0.1, 0.15) is 26.7 Å². The summed E-state index contributed by atoms with van der Waals surface area (Å²) in [4.78, 5) is 0. The van der Waals surface area contributed by atoms with E-state index >= 15 is 0 Å². The molecule has 0 aromatic carbocycles. The van der Waals surface area contributed by atoms with Crippen molar-refractivity contribution in [3.63, 3.8) is 0 Å². The van der Waals surface area contributed by atoms with Gasteiger partial charge in [-0.3, -0.25) is 0 Å². The predicted molar refractivity (Wildman–Crippen MR) is 74.1 cm³/mol. The fourth-order valence-electron chi connectivity index (χ4n) is 1.41. The molecule has 0 atom stereocenters. The Morgan fingerprint density at radius 1 is 1.09 bits per heavy atom. The Balaban J connectivity index is 0. The van der Waals surface area contributed by atoms with Crippen LogP contribution >= 0.6 is 25.7 Å². The van der Waals surface area contributed by atoms with Gasteiger partial charge < -0.3 is 0 Å². The van der Waals surface area contributed by atoms with Crippen molar-refractivity contribution in [2.45, 2.75) is 44.6 Å². The van der Waals surface area contributed by atoms with Crippen molar-refractivity contribution in [2.75, 3.05) is 7.05 Å². The first kappa shape index (κ1) is 24.4. The lowest BCUT2D eigenvalue weighted by atomic mass is 10.2. The van der Waals surface area contributed by atoms with Crippen LogP contribution in [0.5, 0.6) is 0 Å². The third-order valence-electron chi connectivity index (χ3n) is 2.31. The van der Waals surface area contributed by atoms with E-state index in [1.54, 1.807) is 0 Å². The molecule has 0 fully saturated rings. The Morgan fingerprint density at radius 2 is 1.50 bits per heavy atom. The zero-order chi connectivity index (χ0) is 17.1. The number of hydrogen-bond acceptors (Lipinski definition) is 5. The van der Waals surface area contributed by atoms with Crippen LogP contribution in [0.4, 0.5) is 26.3 Å². The van der Waals surface area contributed by atoms with Crippen molar-refractivity contribution in [2.24, 2.45) is 0 Å². The van der Waals surface area contributed by atoms with Crippen molar-refractivity contribution in [3.8, 4) is 0 Å². The average Bonchev–Trinajstić information content (AvgIpc) is 2.30. The summed E-state index contributed by atoms with van der Waals surface area (Å²) in [6.07, 6.45) is -5.17. The molecule has 5 nitrogen and oxygen atoms in total. The van der Waals surface area contributed by atoms with E-state index in [-0.39, 0.29) is 35.2 Å². The smallest absolute Gasteiger partial charge is 0.203 e. The van der Waals surface area contributed by atoms with Crippen LogP contribution in [0, 0.1) is 0 Å². The number of hydrogen-bond donors (Lipinski definition) is 0. The number of alkyl halides is 6. The van der Waals surface area contributed by atoms with Crippen molar-refractivity contribution in [1.82, 2.24) is 8.83 Å². The van der Waals surface area contributed by atoms with Crippen molar-refractivity contribution in [3.05, 3.63) is 0 Å². The first-order valence-electron chi connectivity index (χ1n) is 5.54. The minimum Gasteiger partial charge on any atom is -0.203 e. The van der Waals surface area contributed by atoms with Crippen LogP contribution in [-0.2, 0) is 14.2 Å². The second kappa shape index (κ2) is 8.82. The van der Waals surface area contributed by atoms with Gasteiger partial charge in [0.05, 0.1) is 0 Å². The molecule has 136 valence electrons. The Morgan fingerprint density at radius 3 is 1.77 bits per heavy atom. The topological polar surface area (TPSA) is 49.9 Å². The number of rotatable bonds is 7. The molecule has 0 spiro atoms. The molecule has 0 rings (SSSR count). The molecule has 0 aromatic rings. The van der Waals surface area contributed by atoms with Gasteiger partial charge in [0.15, 0.2) is 0 Å². The summed E-state index contributed by atoms with van der Waals surface area (Å²) in [5, 5.41) is 0. The van der Waals surface area contributed by atoms with E-state index in [0.717, 1.165) is 7.05 Å². The lowest BCUT2D eigenvalue weighted by Crippen LogP contribution is -2.52. The Kier molecular flexibility index (Phi) is 9.77. The molecule has 0 radical (unpaired) electrons. The van der Waals surface area contributed by atoms with Gasteiger partial charge in [-0.1, -0.05) is 13.8 Å². The third kappa shape index (κ3) is 6.70. The molecule has 0 aliphatic heterocycles. The zero-order valence-electron chi connectivity index (χ0n) is 11.7. The molecule has 0 saturated carbocycles. The molecular formula is C8H16F6N2O3S3. The first-order valence-corrected chi connectivity index (χ1v) is 7.68. The highest BCUT2D eigenvalue weighted by Crippen LogP contribution is 2.34. The first-order chi connectivity index (χ1) is 9.28. The van der Waals surface area contributed by atoms with Crippen LogP contribution < -0.4 is 0 Å². The SMILES string of the molecule is CCC(CC)N(N(C)SOC(F)(F)F)S(=O)(=O)C(F)(F)F.S. The molecule has 14 heteroatoms. The highest BCUT2D eigenvalue weighted by Gasteiger charge is 2.53. The molecule has 0 aliphatic rings. The van der Waals surface area contributed by atoms with Gasteiger partial charge in [-0.15, -0.1) is 22.0 Å². The highest BCUT2D eigenvalue weighted by molar-refractivity contribution is 7.94. The van der Waals surface area contributed by atoms with Gasteiger partial charge in [-0.25, -0.2) is 12.6 Å². The van der Waals surface area contributed by atoms with E-state index < -0.39 is 40.2 Å². The van der Waals surface area contributed by atoms with Gasteiger partial charge in [0, 0.05) is 13.1 Å². The average molecular weight is 398 g/mol. The van der Waals surface area contributed by atoms with Gasteiger partial charge in [-0.2, -0.15) is 26.7 Å². The predicted octanol–water partition coefficient (Wildman–Crippen LogP) is 3.39. The lowest BCUT2D eigenvalue weighted by Gasteiger charge is -2.35. The normalized spacial score (nSPS) is 13.8. The summed E-state index contributed by atoms with van der Waals surface area (Å²) in [5.41, 5.74) is -5.64. The van der Waals surface area contributed by atoms with E-state index in [9.17, 15) is 34.8 Å². The summed E-state index contributed by atoms with van der Waals surface area (Å²) in [5.74, 6) is 0. The van der Waals surface area contributed by atoms with E-state index in [0.29, 0.717) is 0 Å². The maximum Gasteiger partial charge on any atom is 0.534 e. The largest absolute Gasteiger partial charge is 0.534 e. The Hall–Kier alpha value is 0.110. The monoisotopic (exact) mass is 398 g/mol. The minimum absolute atomic E-state index is 0. The number of halogens is 6. The molecule has 0 saturated heterocycles. The van der Waals surface area contributed by atoms with Crippen LogP contribution in [0.2, 0.25) is 0 Å². The fraction of sp³-hybridized carbons (Fsp3) is 1.00. The summed E-state index contributed by atoms with van der Waals surface area (Å²) in [7, 11) is -5.10. The lowest BCUT2D eigenvalue weighted by molar-refractivity contribution is -0.269. The summed E-state index contributed by atoms with van der Waals surface area (Å²) < 4.78 is 99.9. The zero-order valence-corrected chi connectivity index (χ0v) is 14.3. The van der Waals surface area contributed by atoms with Crippen LogP contribution in [-0.4, -0.2) is 42.2 Å². The van der Waals surface area contributed by atoms with Gasteiger partial charge in [0.2, 0.25) is 0 Å². The molecule has 0 N–H and O–H groups in total.